The number of fused-ring (bicyclic) bond motifs is 3. The van der Waals surface area contributed by atoms with Gasteiger partial charge in [0.2, 0.25) is 0 Å². The van der Waals surface area contributed by atoms with Gasteiger partial charge in [0.15, 0.2) is 0 Å². The van der Waals surface area contributed by atoms with Crippen molar-refractivity contribution in [3.63, 3.8) is 0 Å². The van der Waals surface area contributed by atoms with Crippen LogP contribution in [0.1, 0.15) is 0 Å². The van der Waals surface area contributed by atoms with E-state index in [2.05, 4.69) is 261 Å². The second-order valence-electron chi connectivity index (χ2n) is 25.0. The minimum absolute atomic E-state index is 1.31. The van der Waals surface area contributed by atoms with Crippen LogP contribution in [0.3, 0.4) is 0 Å². The Morgan fingerprint density at radius 2 is 0.389 bits per heavy atom. The maximum absolute atomic E-state index is 2.67. The van der Waals surface area contributed by atoms with Crippen molar-refractivity contribution >= 4 is 143 Å². The van der Waals surface area contributed by atoms with Crippen LogP contribution in [0.25, 0.3) is 65.7 Å². The average molecular weight is 1030 g/mol. The summed E-state index contributed by atoms with van der Waals surface area (Å²) in [5.41, 5.74) is 7.94. The predicted molar refractivity (Wildman–Crippen MR) is 335 cm³/mol. The summed E-state index contributed by atoms with van der Waals surface area (Å²) in [6.07, 6.45) is 0. The molecule has 0 saturated carbocycles. The molecule has 13 rings (SSSR count). The second kappa shape index (κ2) is 15.4. The van der Waals surface area contributed by atoms with E-state index in [-0.39, 0.29) is 0 Å². The van der Waals surface area contributed by atoms with Gasteiger partial charge in [0, 0.05) is 0 Å². The molecule has 0 N–H and O–H groups in total. The van der Waals surface area contributed by atoms with E-state index >= 15 is 0 Å². The lowest BCUT2D eigenvalue weighted by Gasteiger charge is -2.30. The molecule has 0 unspecified atom stereocenters. The summed E-state index contributed by atoms with van der Waals surface area (Å²) in [6, 6.07) is 73.6. The van der Waals surface area contributed by atoms with Crippen LogP contribution in [0.15, 0.2) is 182 Å². The molecule has 0 fully saturated rings. The molecular formula is C66H66Si6. The Morgan fingerprint density at radius 3 is 0.611 bits per heavy atom. The van der Waals surface area contributed by atoms with Gasteiger partial charge in [-0.25, -0.2) is 0 Å². The quantitative estimate of drug-likeness (QED) is 0.155. The fourth-order valence-electron chi connectivity index (χ4n) is 14.5. The Morgan fingerprint density at radius 1 is 0.181 bits per heavy atom. The monoisotopic (exact) mass is 1030 g/mol. The molecule has 0 bridgehead atoms. The highest BCUT2D eigenvalue weighted by Gasteiger charge is 2.45. The van der Waals surface area contributed by atoms with Gasteiger partial charge in [0.25, 0.3) is 0 Å². The van der Waals surface area contributed by atoms with Crippen molar-refractivity contribution in [2.45, 2.75) is 78.6 Å². The van der Waals surface area contributed by atoms with Crippen molar-refractivity contribution in [3.8, 4) is 33.4 Å². The number of hydrogen-bond donors (Lipinski definition) is 0. The number of hydrogen-bond acceptors (Lipinski definition) is 0. The van der Waals surface area contributed by atoms with Gasteiger partial charge in [-0.2, -0.15) is 0 Å². The summed E-state index contributed by atoms with van der Waals surface area (Å²) >= 11 is 0. The average Bonchev–Trinajstić information content (AvgIpc) is 3.50. The van der Waals surface area contributed by atoms with Crippen molar-refractivity contribution in [1.29, 1.82) is 0 Å². The van der Waals surface area contributed by atoms with E-state index in [0.29, 0.717) is 0 Å². The van der Waals surface area contributed by atoms with Crippen molar-refractivity contribution in [2.24, 2.45) is 0 Å². The third-order valence-electron chi connectivity index (χ3n) is 18.8. The van der Waals surface area contributed by atoms with Gasteiger partial charge >= 0.3 is 0 Å². The second-order valence-corrected chi connectivity index (χ2v) is 50.9. The molecule has 10 aromatic carbocycles. The smallest absolute Gasteiger partial charge is 0.0621 e. The Hall–Kier alpha value is -5.72. The molecule has 3 heterocycles. The van der Waals surface area contributed by atoms with Crippen LogP contribution >= 0.6 is 0 Å². The number of benzene rings is 10. The SMILES string of the molecule is C[Si]1(C)c2ccc(-c3cc(-c4ccc5c(c4)[Si](C)(C)c4cccc6cccc(c46)[Si]5(C)C)cc(-c4ccc5c(c4)[Si](C)(C)c4cccc6cccc(c46)[Si]5(C)C)c3)cc2[Si](C)(C)c2cccc3cccc1c23. The van der Waals surface area contributed by atoms with Gasteiger partial charge in [-0.1, -0.05) is 273 Å². The van der Waals surface area contributed by atoms with Crippen molar-refractivity contribution in [3.05, 3.63) is 182 Å². The molecule has 6 heteroatoms. The number of rotatable bonds is 3. The Bertz CT molecular complexity index is 3560. The Labute approximate surface area is 433 Å². The van der Waals surface area contributed by atoms with Crippen LogP contribution in [0, 0.1) is 0 Å². The zero-order valence-corrected chi connectivity index (χ0v) is 50.3. The van der Waals surface area contributed by atoms with Crippen molar-refractivity contribution in [2.75, 3.05) is 0 Å². The van der Waals surface area contributed by atoms with Crippen molar-refractivity contribution < 1.29 is 0 Å². The topological polar surface area (TPSA) is 0 Å². The summed E-state index contributed by atoms with van der Waals surface area (Å²) in [5, 5.41) is 28.0. The van der Waals surface area contributed by atoms with Gasteiger partial charge in [0.05, 0.1) is 0 Å². The predicted octanol–water partition coefficient (Wildman–Crippen LogP) is 10.0. The third kappa shape index (κ3) is 6.35. The van der Waals surface area contributed by atoms with E-state index in [4.69, 9.17) is 0 Å². The molecule has 0 aliphatic carbocycles. The first-order valence-corrected chi connectivity index (χ1v) is 44.4. The molecule has 0 atom stereocenters. The van der Waals surface area contributed by atoms with Crippen LogP contribution in [-0.4, -0.2) is 48.4 Å². The molecule has 0 spiro atoms. The standard InChI is InChI=1S/C66H66Si6/c1-67(2)52-34-31-46(40-61(52)70(7,8)58-28-16-22-43-19-13-25-55(67)64(43)58)49-37-50(47-32-35-53-62(41-47)71(9,10)59-29-17-23-44-20-14-26-56(65(44)59)68(53,3)4)39-51(38-49)48-33-36-54-63(42-48)72(11,12)60-30-18-24-45-21-15-27-57(66(45)60)69(54,5)6/h13-42H,1-12H3. The summed E-state index contributed by atoms with van der Waals surface area (Å²) in [7, 11) is -12.7. The van der Waals surface area contributed by atoms with Crippen LogP contribution in [0.2, 0.25) is 78.6 Å². The van der Waals surface area contributed by atoms with Gasteiger partial charge in [0.1, 0.15) is 48.4 Å². The first-order valence-electron chi connectivity index (χ1n) is 26.4. The molecule has 354 valence electrons. The normalized spacial score (nSPS) is 17.8. The van der Waals surface area contributed by atoms with Crippen molar-refractivity contribution in [1.82, 2.24) is 0 Å². The highest BCUT2D eigenvalue weighted by Crippen LogP contribution is 2.35. The Balaban J connectivity index is 1.05. The molecule has 0 saturated heterocycles. The zero-order valence-electron chi connectivity index (χ0n) is 44.3. The van der Waals surface area contributed by atoms with Crippen LogP contribution in [0.5, 0.6) is 0 Å². The molecule has 72 heavy (non-hydrogen) atoms. The first-order chi connectivity index (χ1) is 34.2. The lowest BCUT2D eigenvalue weighted by molar-refractivity contribution is 1.58. The van der Waals surface area contributed by atoms with Gasteiger partial charge in [-0.3, -0.25) is 0 Å². The summed E-state index contributed by atoms with van der Waals surface area (Å²) in [4.78, 5) is 0. The Kier molecular flexibility index (Phi) is 9.87. The zero-order chi connectivity index (χ0) is 50.1. The van der Waals surface area contributed by atoms with Gasteiger partial charge in [-0.05, 0) is 115 Å². The van der Waals surface area contributed by atoms with Gasteiger partial charge in [-0.15, -0.1) is 0 Å². The van der Waals surface area contributed by atoms with Crippen LogP contribution < -0.4 is 62.2 Å². The largest absolute Gasteiger partial charge is 0.112 e. The van der Waals surface area contributed by atoms with Gasteiger partial charge < -0.3 is 0 Å². The summed E-state index contributed by atoms with van der Waals surface area (Å²) < 4.78 is 0. The molecule has 0 amide bonds. The molecule has 3 aliphatic heterocycles. The molecule has 3 aliphatic rings. The first kappa shape index (κ1) is 46.1. The summed E-state index contributed by atoms with van der Waals surface area (Å²) in [5.74, 6) is 0. The molecule has 0 aromatic heterocycles. The van der Waals surface area contributed by atoms with E-state index in [1.54, 1.807) is 62.2 Å². The van der Waals surface area contributed by atoms with E-state index < -0.39 is 48.4 Å². The minimum Gasteiger partial charge on any atom is -0.0621 e. The van der Waals surface area contributed by atoms with E-state index in [1.807, 2.05) is 0 Å². The van der Waals surface area contributed by atoms with E-state index in [0.717, 1.165) is 0 Å². The van der Waals surface area contributed by atoms with Crippen LogP contribution in [0.4, 0.5) is 0 Å². The summed E-state index contributed by atoms with van der Waals surface area (Å²) in [6.45, 7) is 31.3. The fourth-order valence-corrected chi connectivity index (χ4v) is 38.3. The lowest BCUT2D eigenvalue weighted by atomic mass is 9.93. The maximum atomic E-state index is 2.67. The van der Waals surface area contributed by atoms with E-state index in [1.165, 1.54) is 65.7 Å². The van der Waals surface area contributed by atoms with Crippen LogP contribution in [-0.2, 0) is 0 Å². The minimum atomic E-state index is -2.16. The third-order valence-corrected chi connectivity index (χ3v) is 40.7. The lowest BCUT2D eigenvalue weighted by Crippen LogP contribution is -2.63. The molecule has 0 nitrogen and oxygen atoms in total. The molecular weight excluding hydrogens is 961 g/mol. The fraction of sp³-hybridized carbons (Fsp3) is 0.182. The molecule has 0 radical (unpaired) electrons. The molecule has 10 aromatic rings. The maximum Gasteiger partial charge on any atom is 0.112 e. The highest BCUT2D eigenvalue weighted by atomic mass is 28.3. The van der Waals surface area contributed by atoms with E-state index in [9.17, 15) is 0 Å². The highest BCUT2D eigenvalue weighted by molar-refractivity contribution is 7.14.